The van der Waals surface area contributed by atoms with Gasteiger partial charge in [-0.1, -0.05) is 19.3 Å². The van der Waals surface area contributed by atoms with Crippen LogP contribution in [0.3, 0.4) is 0 Å². The zero-order valence-corrected chi connectivity index (χ0v) is 14.8. The number of thiazole rings is 1. The fraction of sp³-hybridized carbons (Fsp3) is 0.667. The first-order chi connectivity index (χ1) is 10.6. The maximum Gasteiger partial charge on any atom is 0.236 e. The van der Waals surface area contributed by atoms with Crippen LogP contribution < -0.4 is 5.32 Å². The molecular weight excluding hydrogens is 318 g/mol. The van der Waals surface area contributed by atoms with Gasteiger partial charge in [0, 0.05) is 24.2 Å². The van der Waals surface area contributed by atoms with Crippen LogP contribution in [0.25, 0.3) is 0 Å². The Balaban J connectivity index is 1.66. The summed E-state index contributed by atoms with van der Waals surface area (Å²) in [6.45, 7) is 1.95. The monoisotopic (exact) mass is 341 g/mol. The Morgan fingerprint density at radius 2 is 2.09 bits per heavy atom. The number of carbonyl (C=O) groups excluding carboxylic acids is 2. The number of thioether (sulfide) groups is 1. The summed E-state index contributed by atoms with van der Waals surface area (Å²) < 4.78 is 0. The number of nitrogens with one attached hydrogen (secondary N) is 1. The molecule has 7 heteroatoms. The highest BCUT2D eigenvalue weighted by molar-refractivity contribution is 8.00. The molecule has 1 N–H and O–H groups in total. The van der Waals surface area contributed by atoms with Crippen LogP contribution in [0.15, 0.2) is 6.20 Å². The third-order valence-corrected chi connectivity index (χ3v) is 5.59. The molecule has 0 bridgehead atoms. The zero-order chi connectivity index (χ0) is 15.9. The van der Waals surface area contributed by atoms with Crippen molar-refractivity contribution in [3.8, 4) is 0 Å². The van der Waals surface area contributed by atoms with Gasteiger partial charge >= 0.3 is 0 Å². The number of nitrogens with zero attached hydrogens (tertiary/aromatic N) is 2. The summed E-state index contributed by atoms with van der Waals surface area (Å²) in [5.74, 6) is 0.655. The first-order valence-corrected chi connectivity index (χ1v) is 9.59. The molecule has 0 spiro atoms. The van der Waals surface area contributed by atoms with E-state index in [1.165, 1.54) is 42.4 Å². The molecule has 1 aliphatic rings. The number of carbonyl (C=O) groups is 2. The van der Waals surface area contributed by atoms with Gasteiger partial charge < -0.3 is 10.2 Å². The third kappa shape index (κ3) is 5.28. The highest BCUT2D eigenvalue weighted by Gasteiger charge is 2.21. The summed E-state index contributed by atoms with van der Waals surface area (Å²) in [5.41, 5.74) is 0. The molecule has 22 heavy (non-hydrogen) atoms. The van der Waals surface area contributed by atoms with Crippen molar-refractivity contribution in [1.29, 1.82) is 0 Å². The van der Waals surface area contributed by atoms with Crippen LogP contribution in [0.1, 0.15) is 37.0 Å². The van der Waals surface area contributed by atoms with Gasteiger partial charge in [0.25, 0.3) is 0 Å². The van der Waals surface area contributed by atoms with E-state index in [4.69, 9.17) is 0 Å². The van der Waals surface area contributed by atoms with Crippen molar-refractivity contribution in [2.24, 2.45) is 0 Å². The summed E-state index contributed by atoms with van der Waals surface area (Å²) >= 11 is 2.81. The zero-order valence-electron chi connectivity index (χ0n) is 13.1. The Hall–Kier alpha value is -1.08. The first kappa shape index (κ1) is 17.3. The van der Waals surface area contributed by atoms with Crippen LogP contribution >= 0.6 is 23.1 Å². The number of amides is 2. The summed E-state index contributed by atoms with van der Waals surface area (Å²) in [6.07, 6.45) is 7.66. The second-order valence-corrected chi connectivity index (χ2v) is 7.83. The average Bonchev–Trinajstić information content (AvgIpc) is 2.92. The van der Waals surface area contributed by atoms with Crippen LogP contribution in [-0.2, 0) is 9.59 Å². The molecule has 0 radical (unpaired) electrons. The molecule has 2 amide bonds. The molecular formula is C15H23N3O2S2. The van der Waals surface area contributed by atoms with Crippen LogP contribution in [0.4, 0.5) is 5.13 Å². The minimum absolute atomic E-state index is 0.104. The summed E-state index contributed by atoms with van der Waals surface area (Å²) in [6, 6.07) is 0.383. The van der Waals surface area contributed by atoms with Crippen LogP contribution in [0.5, 0.6) is 0 Å². The Morgan fingerprint density at radius 1 is 1.36 bits per heavy atom. The van der Waals surface area contributed by atoms with Gasteiger partial charge in [0.15, 0.2) is 5.13 Å². The standard InChI is InChI=1S/C15H23N3O2S2/c1-11-8-16-15(22-11)17-13(19)9-21-10-14(20)18(2)12-6-4-3-5-7-12/h8,12H,3-7,9-10H2,1-2H3,(H,16,17,19). The lowest BCUT2D eigenvalue weighted by Crippen LogP contribution is -2.39. The highest BCUT2D eigenvalue weighted by Crippen LogP contribution is 2.22. The number of anilines is 1. The van der Waals surface area contributed by atoms with E-state index in [9.17, 15) is 9.59 Å². The van der Waals surface area contributed by atoms with Gasteiger partial charge in [-0.25, -0.2) is 4.98 Å². The smallest absolute Gasteiger partial charge is 0.236 e. The molecule has 0 atom stereocenters. The van der Waals surface area contributed by atoms with E-state index in [0.29, 0.717) is 16.9 Å². The van der Waals surface area contributed by atoms with E-state index in [1.54, 1.807) is 6.20 Å². The van der Waals surface area contributed by atoms with Crippen molar-refractivity contribution in [2.45, 2.75) is 45.1 Å². The predicted octanol–water partition coefficient (Wildman–Crippen LogP) is 2.91. The van der Waals surface area contributed by atoms with E-state index >= 15 is 0 Å². The summed E-state index contributed by atoms with van der Waals surface area (Å²) in [5, 5.41) is 3.37. The lowest BCUT2D eigenvalue weighted by molar-refractivity contribution is -0.129. The summed E-state index contributed by atoms with van der Waals surface area (Å²) in [4.78, 5) is 31.0. The van der Waals surface area contributed by atoms with Crippen molar-refractivity contribution in [3.63, 3.8) is 0 Å². The third-order valence-electron chi connectivity index (χ3n) is 3.84. The van der Waals surface area contributed by atoms with Gasteiger partial charge in [0.05, 0.1) is 11.5 Å². The minimum Gasteiger partial charge on any atom is -0.342 e. The average molecular weight is 342 g/mol. The van der Waals surface area contributed by atoms with E-state index in [2.05, 4.69) is 10.3 Å². The molecule has 1 fully saturated rings. The van der Waals surface area contributed by atoms with Crippen molar-refractivity contribution in [2.75, 3.05) is 23.9 Å². The number of hydrogen-bond acceptors (Lipinski definition) is 5. The molecule has 1 aromatic rings. The van der Waals surface area contributed by atoms with Crippen LogP contribution in [0, 0.1) is 6.92 Å². The Morgan fingerprint density at radius 3 is 2.73 bits per heavy atom. The molecule has 1 heterocycles. The van der Waals surface area contributed by atoms with Gasteiger partial charge in [-0.3, -0.25) is 9.59 Å². The molecule has 2 rings (SSSR count). The summed E-state index contributed by atoms with van der Waals surface area (Å²) in [7, 11) is 1.89. The molecule has 0 aliphatic heterocycles. The molecule has 1 aliphatic carbocycles. The van der Waals surface area contributed by atoms with Crippen molar-refractivity contribution in [3.05, 3.63) is 11.1 Å². The van der Waals surface area contributed by atoms with Crippen LogP contribution in [0.2, 0.25) is 0 Å². The van der Waals surface area contributed by atoms with Gasteiger partial charge in [0.2, 0.25) is 11.8 Å². The molecule has 5 nitrogen and oxygen atoms in total. The Kier molecular flexibility index (Phi) is 6.70. The Labute approximate surface area is 139 Å². The number of aromatic nitrogens is 1. The molecule has 0 saturated heterocycles. The minimum atomic E-state index is -0.104. The van der Waals surface area contributed by atoms with Crippen molar-refractivity contribution < 1.29 is 9.59 Å². The second-order valence-electron chi connectivity index (χ2n) is 5.61. The van der Waals surface area contributed by atoms with Crippen molar-refractivity contribution >= 4 is 40.0 Å². The van der Waals surface area contributed by atoms with E-state index < -0.39 is 0 Å². The van der Waals surface area contributed by atoms with Gasteiger partial charge in [0.1, 0.15) is 0 Å². The molecule has 0 aromatic carbocycles. The first-order valence-electron chi connectivity index (χ1n) is 7.62. The normalized spacial score (nSPS) is 15.5. The van der Waals surface area contributed by atoms with Crippen LogP contribution in [-0.4, -0.2) is 46.3 Å². The fourth-order valence-corrected chi connectivity index (χ4v) is 3.99. The molecule has 0 unspecified atom stereocenters. The predicted molar refractivity (Wildman–Crippen MR) is 92.4 cm³/mol. The lowest BCUT2D eigenvalue weighted by Gasteiger charge is -2.31. The van der Waals surface area contributed by atoms with Crippen molar-refractivity contribution in [1.82, 2.24) is 9.88 Å². The molecule has 1 aromatic heterocycles. The van der Waals surface area contributed by atoms with Gasteiger partial charge in [-0.15, -0.1) is 23.1 Å². The highest BCUT2D eigenvalue weighted by atomic mass is 32.2. The number of hydrogen-bond donors (Lipinski definition) is 1. The van der Waals surface area contributed by atoms with Gasteiger partial charge in [-0.05, 0) is 19.8 Å². The number of rotatable bonds is 6. The number of aryl methyl sites for hydroxylation is 1. The second kappa shape index (κ2) is 8.53. The Bertz CT molecular complexity index is 513. The van der Waals surface area contributed by atoms with E-state index in [1.807, 2.05) is 18.9 Å². The maximum absolute atomic E-state index is 12.1. The van der Waals surface area contributed by atoms with E-state index in [-0.39, 0.29) is 17.6 Å². The largest absolute Gasteiger partial charge is 0.342 e. The van der Waals surface area contributed by atoms with E-state index in [0.717, 1.165) is 17.7 Å². The topological polar surface area (TPSA) is 62.3 Å². The van der Waals surface area contributed by atoms with Gasteiger partial charge in [-0.2, -0.15) is 0 Å². The SMILES string of the molecule is Cc1cnc(NC(=O)CSCC(=O)N(C)C2CCCCC2)s1. The quantitative estimate of drug-likeness (QED) is 0.864. The maximum atomic E-state index is 12.1. The lowest BCUT2D eigenvalue weighted by atomic mass is 9.94. The molecule has 122 valence electrons. The fourth-order valence-electron chi connectivity index (χ4n) is 2.57. The molecule has 1 saturated carbocycles.